The van der Waals surface area contributed by atoms with Crippen molar-refractivity contribution < 1.29 is 14.6 Å². The first kappa shape index (κ1) is 13.5. The molecule has 0 aliphatic carbocycles. The normalized spacial score (nSPS) is 13.2. The summed E-state index contributed by atoms with van der Waals surface area (Å²) in [5, 5.41) is 9.87. The summed E-state index contributed by atoms with van der Waals surface area (Å²) in [4.78, 5) is 11.5. The second-order valence-electron chi connectivity index (χ2n) is 4.74. The minimum Gasteiger partial charge on any atom is -0.508 e. The molecule has 0 aromatic heterocycles. The molecule has 0 bridgehead atoms. The number of benzene rings is 1. The number of hydrogen-bond acceptors (Lipinski definition) is 4. The van der Waals surface area contributed by atoms with E-state index in [1.807, 2.05) is 26.8 Å². The number of nitrogens with two attached hydrogens (primary N) is 1. The van der Waals surface area contributed by atoms with E-state index in [9.17, 15) is 9.90 Å². The number of carbonyl (C=O) groups is 1. The Hall–Kier alpha value is -1.55. The van der Waals surface area contributed by atoms with Crippen molar-refractivity contribution in [2.45, 2.75) is 32.2 Å². The Labute approximate surface area is 101 Å². The SMILES string of the molecule is COC(=O)C(N)C(C)(C)c1cc(C)ccc1O. The van der Waals surface area contributed by atoms with Crippen LogP contribution < -0.4 is 5.73 Å². The fourth-order valence-electron chi connectivity index (χ4n) is 1.76. The van der Waals surface area contributed by atoms with Gasteiger partial charge >= 0.3 is 5.97 Å². The monoisotopic (exact) mass is 237 g/mol. The standard InChI is InChI=1S/C13H19NO3/c1-8-5-6-10(15)9(7-8)13(2,3)11(14)12(16)17-4/h5-7,11,15H,14H2,1-4H3. The summed E-state index contributed by atoms with van der Waals surface area (Å²) in [6.45, 7) is 5.54. The van der Waals surface area contributed by atoms with Crippen LogP contribution in [-0.4, -0.2) is 24.2 Å². The zero-order chi connectivity index (χ0) is 13.2. The predicted molar refractivity (Wildman–Crippen MR) is 65.9 cm³/mol. The van der Waals surface area contributed by atoms with Crippen LogP contribution in [0.4, 0.5) is 0 Å². The molecular weight excluding hydrogens is 218 g/mol. The van der Waals surface area contributed by atoms with E-state index in [1.54, 1.807) is 12.1 Å². The second kappa shape index (κ2) is 4.75. The summed E-state index contributed by atoms with van der Waals surface area (Å²) < 4.78 is 4.64. The smallest absolute Gasteiger partial charge is 0.323 e. The Morgan fingerprint density at radius 2 is 2.06 bits per heavy atom. The molecule has 0 saturated carbocycles. The van der Waals surface area contributed by atoms with Gasteiger partial charge in [0.25, 0.3) is 0 Å². The van der Waals surface area contributed by atoms with Crippen molar-refractivity contribution in [3.8, 4) is 5.75 Å². The zero-order valence-corrected chi connectivity index (χ0v) is 10.7. The maximum atomic E-state index is 11.5. The lowest BCUT2D eigenvalue weighted by atomic mass is 9.77. The van der Waals surface area contributed by atoms with Crippen LogP contribution in [0.25, 0.3) is 0 Å². The van der Waals surface area contributed by atoms with Crippen LogP contribution in [-0.2, 0) is 14.9 Å². The van der Waals surface area contributed by atoms with Gasteiger partial charge in [0.05, 0.1) is 7.11 Å². The average molecular weight is 237 g/mol. The van der Waals surface area contributed by atoms with Gasteiger partial charge in [-0.1, -0.05) is 31.5 Å². The number of methoxy groups -OCH3 is 1. The summed E-state index contributed by atoms with van der Waals surface area (Å²) in [6.07, 6.45) is 0. The quantitative estimate of drug-likeness (QED) is 0.781. The number of aryl methyl sites for hydroxylation is 1. The van der Waals surface area contributed by atoms with E-state index in [-0.39, 0.29) is 5.75 Å². The number of esters is 1. The molecule has 0 fully saturated rings. The van der Waals surface area contributed by atoms with E-state index in [0.29, 0.717) is 5.56 Å². The van der Waals surface area contributed by atoms with E-state index >= 15 is 0 Å². The lowest BCUT2D eigenvalue weighted by Gasteiger charge is -2.31. The molecule has 1 rings (SSSR count). The van der Waals surface area contributed by atoms with Crippen molar-refractivity contribution in [1.82, 2.24) is 0 Å². The van der Waals surface area contributed by atoms with Gasteiger partial charge in [-0.15, -0.1) is 0 Å². The molecule has 0 amide bonds. The highest BCUT2D eigenvalue weighted by Crippen LogP contribution is 2.34. The second-order valence-corrected chi connectivity index (χ2v) is 4.74. The Bertz CT molecular complexity index is 427. The number of rotatable bonds is 3. The van der Waals surface area contributed by atoms with Crippen molar-refractivity contribution >= 4 is 5.97 Å². The Balaban J connectivity index is 3.20. The topological polar surface area (TPSA) is 72.5 Å². The Morgan fingerprint density at radius 3 is 2.59 bits per heavy atom. The van der Waals surface area contributed by atoms with Crippen LogP contribution in [0.2, 0.25) is 0 Å². The molecule has 0 heterocycles. The predicted octanol–water partition coefficient (Wildman–Crippen LogP) is 1.48. The number of ether oxygens (including phenoxy) is 1. The van der Waals surface area contributed by atoms with Gasteiger partial charge in [-0.3, -0.25) is 4.79 Å². The zero-order valence-electron chi connectivity index (χ0n) is 10.7. The minimum absolute atomic E-state index is 0.139. The van der Waals surface area contributed by atoms with Gasteiger partial charge in [0.1, 0.15) is 11.8 Å². The van der Waals surface area contributed by atoms with Crippen LogP contribution in [0, 0.1) is 6.92 Å². The first-order valence-corrected chi connectivity index (χ1v) is 5.44. The van der Waals surface area contributed by atoms with E-state index < -0.39 is 17.4 Å². The lowest BCUT2D eigenvalue weighted by molar-refractivity contribution is -0.143. The average Bonchev–Trinajstić information content (AvgIpc) is 2.30. The van der Waals surface area contributed by atoms with Gasteiger partial charge < -0.3 is 15.6 Å². The van der Waals surface area contributed by atoms with Crippen LogP contribution in [0.5, 0.6) is 5.75 Å². The van der Waals surface area contributed by atoms with E-state index in [0.717, 1.165) is 5.56 Å². The molecule has 4 heteroatoms. The fourth-order valence-corrected chi connectivity index (χ4v) is 1.76. The van der Waals surface area contributed by atoms with Crippen LogP contribution in [0.15, 0.2) is 18.2 Å². The highest BCUT2D eigenvalue weighted by Gasteiger charge is 2.36. The molecule has 1 aromatic rings. The summed E-state index contributed by atoms with van der Waals surface area (Å²) in [7, 11) is 1.30. The number of carbonyl (C=O) groups excluding carboxylic acids is 1. The van der Waals surface area contributed by atoms with Crippen LogP contribution in [0.1, 0.15) is 25.0 Å². The highest BCUT2D eigenvalue weighted by molar-refractivity contribution is 5.78. The number of hydrogen-bond donors (Lipinski definition) is 2. The van der Waals surface area contributed by atoms with Crippen molar-refractivity contribution in [3.05, 3.63) is 29.3 Å². The number of phenolic OH excluding ortho intramolecular Hbond substituents is 1. The molecule has 0 spiro atoms. The van der Waals surface area contributed by atoms with Gasteiger partial charge in [0.15, 0.2) is 0 Å². The van der Waals surface area contributed by atoms with Crippen LogP contribution in [0.3, 0.4) is 0 Å². The van der Waals surface area contributed by atoms with Gasteiger partial charge in [-0.05, 0) is 13.0 Å². The summed E-state index contributed by atoms with van der Waals surface area (Å²) in [5.41, 5.74) is 6.83. The van der Waals surface area contributed by atoms with E-state index in [1.165, 1.54) is 7.11 Å². The molecule has 0 aliphatic rings. The molecule has 0 radical (unpaired) electrons. The lowest BCUT2D eigenvalue weighted by Crippen LogP contribution is -2.47. The van der Waals surface area contributed by atoms with Gasteiger partial charge in [-0.2, -0.15) is 0 Å². The molecule has 1 atom stereocenters. The van der Waals surface area contributed by atoms with Crippen molar-refractivity contribution in [2.24, 2.45) is 5.73 Å². The highest BCUT2D eigenvalue weighted by atomic mass is 16.5. The minimum atomic E-state index is -0.819. The Morgan fingerprint density at radius 1 is 1.47 bits per heavy atom. The summed E-state index contributed by atoms with van der Waals surface area (Å²) >= 11 is 0. The molecule has 3 N–H and O–H groups in total. The molecule has 17 heavy (non-hydrogen) atoms. The number of aromatic hydroxyl groups is 1. The third kappa shape index (κ3) is 2.58. The molecular formula is C13H19NO3. The molecule has 0 aliphatic heterocycles. The number of phenols is 1. The maximum absolute atomic E-state index is 11.5. The van der Waals surface area contributed by atoms with Gasteiger partial charge in [0, 0.05) is 11.0 Å². The third-order valence-electron chi connectivity index (χ3n) is 3.08. The fraction of sp³-hybridized carbons (Fsp3) is 0.462. The largest absolute Gasteiger partial charge is 0.508 e. The van der Waals surface area contributed by atoms with E-state index in [4.69, 9.17) is 5.73 Å². The molecule has 1 aromatic carbocycles. The first-order valence-electron chi connectivity index (χ1n) is 5.44. The Kier molecular flexibility index (Phi) is 3.78. The molecule has 94 valence electrons. The third-order valence-corrected chi connectivity index (χ3v) is 3.08. The van der Waals surface area contributed by atoms with Crippen LogP contribution >= 0.6 is 0 Å². The van der Waals surface area contributed by atoms with Crippen molar-refractivity contribution in [3.63, 3.8) is 0 Å². The van der Waals surface area contributed by atoms with Gasteiger partial charge in [0.2, 0.25) is 0 Å². The maximum Gasteiger partial charge on any atom is 0.323 e. The molecule has 1 unspecified atom stereocenters. The van der Waals surface area contributed by atoms with E-state index in [2.05, 4.69) is 4.74 Å². The van der Waals surface area contributed by atoms with Crippen molar-refractivity contribution in [2.75, 3.05) is 7.11 Å². The first-order chi connectivity index (χ1) is 7.80. The summed E-state index contributed by atoms with van der Waals surface area (Å²) in [5.74, 6) is -0.351. The van der Waals surface area contributed by atoms with Gasteiger partial charge in [-0.25, -0.2) is 0 Å². The van der Waals surface area contributed by atoms with Crippen molar-refractivity contribution in [1.29, 1.82) is 0 Å². The summed E-state index contributed by atoms with van der Waals surface area (Å²) in [6, 6.07) is 4.42. The molecule has 4 nitrogen and oxygen atoms in total. The molecule has 0 saturated heterocycles.